The number of benzene rings is 3. The van der Waals surface area contributed by atoms with E-state index in [0.717, 1.165) is 50.7 Å². The smallest absolute Gasteiger partial charge is 0.348 e. The van der Waals surface area contributed by atoms with E-state index in [1.54, 1.807) is 36.4 Å². The van der Waals surface area contributed by atoms with E-state index < -0.39 is 5.97 Å². The minimum Gasteiger partial charge on any atom is -0.482 e. The molecule has 0 saturated carbocycles. The molecule has 0 heterocycles. The zero-order valence-electron chi connectivity index (χ0n) is 17.6. The molecule has 0 radical (unpaired) electrons. The van der Waals surface area contributed by atoms with Crippen LogP contribution in [0.2, 0.25) is 0 Å². The van der Waals surface area contributed by atoms with Gasteiger partial charge in [-0.1, -0.05) is 37.4 Å². The largest absolute Gasteiger partial charge is 0.482 e. The lowest BCUT2D eigenvalue weighted by atomic mass is 10.1. The maximum atomic E-state index is 12.6. The van der Waals surface area contributed by atoms with E-state index in [1.807, 2.05) is 36.4 Å². The van der Waals surface area contributed by atoms with Crippen LogP contribution in [0.1, 0.15) is 10.4 Å². The number of hydrogen-bond acceptors (Lipinski definition) is 7. The molecule has 166 valence electrons. The lowest BCUT2D eigenvalue weighted by molar-refractivity contribution is -0.140. The molecule has 33 heavy (non-hydrogen) atoms. The zero-order valence-corrected chi connectivity index (χ0v) is 19.2. The van der Waals surface area contributed by atoms with Gasteiger partial charge in [0, 0.05) is 15.4 Å². The maximum Gasteiger partial charge on any atom is 0.348 e. The van der Waals surface area contributed by atoms with Gasteiger partial charge in [-0.3, -0.25) is 9.59 Å². The summed E-state index contributed by atoms with van der Waals surface area (Å²) in [7, 11) is 0. The first-order valence-electron chi connectivity index (χ1n) is 9.78. The molecular formula is C26H20O5S2. The van der Waals surface area contributed by atoms with Gasteiger partial charge in [-0.05, 0) is 89.3 Å². The summed E-state index contributed by atoms with van der Waals surface area (Å²) in [6.45, 7) is 6.57. The molecule has 3 aromatic carbocycles. The van der Waals surface area contributed by atoms with E-state index in [2.05, 4.69) is 17.9 Å². The van der Waals surface area contributed by atoms with Crippen molar-refractivity contribution in [1.82, 2.24) is 0 Å². The van der Waals surface area contributed by atoms with E-state index in [1.165, 1.54) is 6.08 Å². The summed E-state index contributed by atoms with van der Waals surface area (Å²) >= 11 is 2.21. The van der Waals surface area contributed by atoms with Gasteiger partial charge < -0.3 is 9.47 Å². The lowest BCUT2D eigenvalue weighted by Gasteiger charge is -2.07. The fourth-order valence-corrected chi connectivity index (χ4v) is 4.04. The van der Waals surface area contributed by atoms with Crippen molar-refractivity contribution in [3.05, 3.63) is 104 Å². The van der Waals surface area contributed by atoms with Crippen molar-refractivity contribution in [3.63, 3.8) is 0 Å². The van der Waals surface area contributed by atoms with Crippen molar-refractivity contribution >= 4 is 39.7 Å². The van der Waals surface area contributed by atoms with Gasteiger partial charge in [-0.25, -0.2) is 4.79 Å². The summed E-state index contributed by atoms with van der Waals surface area (Å²) in [6.07, 6.45) is 2.32. The second-order valence-corrected chi connectivity index (χ2v) is 8.66. The van der Waals surface area contributed by atoms with E-state index in [9.17, 15) is 14.4 Å². The maximum absolute atomic E-state index is 12.6. The minimum atomic E-state index is -0.519. The van der Waals surface area contributed by atoms with Crippen molar-refractivity contribution in [3.8, 4) is 16.9 Å². The highest BCUT2D eigenvalue weighted by Gasteiger charge is 2.10. The number of carbonyl (C=O) groups excluding carboxylic acids is 3. The molecule has 0 aliphatic rings. The molecule has 0 saturated heterocycles. The first-order chi connectivity index (χ1) is 16.0. The van der Waals surface area contributed by atoms with Crippen molar-refractivity contribution < 1.29 is 23.9 Å². The van der Waals surface area contributed by atoms with Crippen LogP contribution in [0.4, 0.5) is 0 Å². The van der Waals surface area contributed by atoms with Crippen molar-refractivity contribution in [2.45, 2.75) is 9.79 Å². The van der Waals surface area contributed by atoms with Crippen LogP contribution in [0.15, 0.2) is 108 Å². The molecule has 0 N–H and O–H groups in total. The van der Waals surface area contributed by atoms with E-state index in [0.29, 0.717) is 11.3 Å². The van der Waals surface area contributed by atoms with Crippen LogP contribution in [0.5, 0.6) is 5.75 Å². The molecule has 0 fully saturated rings. The Kier molecular flexibility index (Phi) is 8.69. The fourth-order valence-electron chi connectivity index (χ4n) is 2.71. The monoisotopic (exact) mass is 476 g/mol. The summed E-state index contributed by atoms with van der Waals surface area (Å²) < 4.78 is 9.97. The van der Waals surface area contributed by atoms with Crippen molar-refractivity contribution in [2.24, 2.45) is 0 Å². The van der Waals surface area contributed by atoms with Gasteiger partial charge in [0.05, 0.1) is 6.26 Å². The third kappa shape index (κ3) is 7.24. The number of hydrogen-bond donors (Lipinski definition) is 0. The summed E-state index contributed by atoms with van der Waals surface area (Å²) in [4.78, 5) is 36.9. The number of thioether (sulfide) groups is 2. The second kappa shape index (κ2) is 11.9. The number of ether oxygens (including phenoxy) is 2. The van der Waals surface area contributed by atoms with Gasteiger partial charge in [0.2, 0.25) is 10.2 Å². The van der Waals surface area contributed by atoms with Crippen LogP contribution in [0.25, 0.3) is 11.1 Å². The Morgan fingerprint density at radius 1 is 0.758 bits per heavy atom. The van der Waals surface area contributed by atoms with Gasteiger partial charge in [0.25, 0.3) is 0 Å². The molecule has 0 aliphatic carbocycles. The molecule has 0 unspecified atom stereocenters. The lowest BCUT2D eigenvalue weighted by Crippen LogP contribution is -2.11. The van der Waals surface area contributed by atoms with Gasteiger partial charge >= 0.3 is 5.97 Å². The van der Waals surface area contributed by atoms with Gasteiger partial charge in [0.1, 0.15) is 5.75 Å². The first-order valence-corrected chi connectivity index (χ1v) is 11.4. The third-order valence-corrected chi connectivity index (χ3v) is 6.10. The highest BCUT2D eigenvalue weighted by Crippen LogP contribution is 2.28. The standard InChI is InChI=1S/C26H20O5S2/c1-3-25(28)32-22-15-9-20(10-16-22)26(29)33-23-13-7-19(8-14-23)18-5-11-21(12-6-18)31-17-24(27)30-4-2/h3-16H,1-2,17H2. The molecule has 5 nitrogen and oxygen atoms in total. The zero-order chi connectivity index (χ0) is 23.6. The Labute approximate surface area is 200 Å². The van der Waals surface area contributed by atoms with Crippen LogP contribution in [0, 0.1) is 0 Å². The van der Waals surface area contributed by atoms with Gasteiger partial charge in [-0.15, -0.1) is 0 Å². The third-order valence-electron chi connectivity index (χ3n) is 4.30. The summed E-state index contributed by atoms with van der Waals surface area (Å²) in [5.41, 5.74) is 2.52. The Bertz CT molecular complexity index is 1150. The van der Waals surface area contributed by atoms with Crippen LogP contribution in [-0.4, -0.2) is 22.8 Å². The van der Waals surface area contributed by atoms with Gasteiger partial charge in [-0.2, -0.15) is 0 Å². The Balaban J connectivity index is 1.58. The molecule has 0 aliphatic heterocycles. The Morgan fingerprint density at radius 2 is 1.30 bits per heavy atom. The molecule has 0 amide bonds. The van der Waals surface area contributed by atoms with Crippen LogP contribution < -0.4 is 4.74 Å². The van der Waals surface area contributed by atoms with Crippen LogP contribution in [0.3, 0.4) is 0 Å². The molecule has 0 aromatic heterocycles. The minimum absolute atomic E-state index is 0.0779. The van der Waals surface area contributed by atoms with E-state index in [-0.39, 0.29) is 16.8 Å². The molecule has 3 aromatic rings. The van der Waals surface area contributed by atoms with Gasteiger partial charge in [0.15, 0.2) is 6.61 Å². The summed E-state index contributed by atoms with van der Waals surface area (Å²) in [6, 6.07) is 21.9. The molecule has 0 spiro atoms. The first kappa shape index (κ1) is 24.1. The van der Waals surface area contributed by atoms with Crippen LogP contribution in [-0.2, 0) is 14.3 Å². The number of esters is 1. The number of rotatable bonds is 9. The molecular weight excluding hydrogens is 456 g/mol. The van der Waals surface area contributed by atoms with Crippen molar-refractivity contribution in [2.75, 3.05) is 6.61 Å². The summed E-state index contributed by atoms with van der Waals surface area (Å²) in [5, 5.41) is -0.218. The second-order valence-electron chi connectivity index (χ2n) is 6.53. The Morgan fingerprint density at radius 3 is 1.88 bits per heavy atom. The quantitative estimate of drug-likeness (QED) is 0.159. The molecule has 7 heteroatoms. The highest BCUT2D eigenvalue weighted by molar-refractivity contribution is 8.14. The fraction of sp³-hybridized carbons (Fsp3) is 0.0385. The molecule has 0 atom stereocenters. The average Bonchev–Trinajstić information content (AvgIpc) is 2.84. The number of carbonyl (C=O) groups is 3. The Hall–Kier alpha value is -3.55. The molecule has 3 rings (SSSR count). The van der Waals surface area contributed by atoms with Crippen molar-refractivity contribution in [1.29, 1.82) is 0 Å². The normalized spacial score (nSPS) is 10.2. The highest BCUT2D eigenvalue weighted by atomic mass is 32.2. The summed E-state index contributed by atoms with van der Waals surface area (Å²) in [5.74, 6) is 0.0325. The topological polar surface area (TPSA) is 69.7 Å². The predicted octanol–water partition coefficient (Wildman–Crippen LogP) is 6.16. The van der Waals surface area contributed by atoms with E-state index >= 15 is 0 Å². The van der Waals surface area contributed by atoms with E-state index in [4.69, 9.17) is 4.74 Å². The predicted molar refractivity (Wildman–Crippen MR) is 131 cm³/mol. The SMILES string of the molecule is C=COC(=O)COc1ccc(-c2ccc(SC(=O)c3ccc(SC(=O)C=C)cc3)cc2)cc1. The molecule has 0 bridgehead atoms. The average molecular weight is 477 g/mol. The van der Waals surface area contributed by atoms with Crippen LogP contribution >= 0.6 is 23.5 Å².